The van der Waals surface area contributed by atoms with Crippen LogP contribution in [-0.2, 0) is 6.61 Å². The third-order valence-electron chi connectivity index (χ3n) is 6.21. The van der Waals surface area contributed by atoms with Crippen molar-refractivity contribution < 1.29 is 24.1 Å². The molecule has 0 aliphatic carbocycles. The zero-order valence-corrected chi connectivity index (χ0v) is 21.2. The molecule has 12 nitrogen and oxygen atoms in total. The van der Waals surface area contributed by atoms with E-state index < -0.39 is 21.2 Å². The average molecular weight is 534 g/mol. The molecular formula is C27H27N5O7. The third kappa shape index (κ3) is 6.86. The van der Waals surface area contributed by atoms with E-state index in [4.69, 9.17) is 9.47 Å². The van der Waals surface area contributed by atoms with E-state index in [0.29, 0.717) is 22.6 Å². The van der Waals surface area contributed by atoms with Crippen LogP contribution in [0.5, 0.6) is 11.5 Å². The van der Waals surface area contributed by atoms with Crippen LogP contribution in [-0.4, -0.2) is 47.1 Å². The number of carbonyl (C=O) groups is 1. The van der Waals surface area contributed by atoms with Gasteiger partial charge in [-0.2, -0.15) is 5.10 Å². The molecule has 4 rings (SSSR count). The van der Waals surface area contributed by atoms with E-state index >= 15 is 0 Å². The number of nitrogens with zero attached hydrogens (tertiary/aromatic N) is 4. The summed E-state index contributed by atoms with van der Waals surface area (Å²) < 4.78 is 11.4. The van der Waals surface area contributed by atoms with E-state index in [1.807, 2.05) is 29.2 Å². The molecule has 1 N–H and O–H groups in total. The molecule has 0 saturated carbocycles. The number of nitro benzene ring substituents is 2. The molecule has 12 heteroatoms. The number of piperidine rings is 1. The first-order chi connectivity index (χ1) is 18.9. The first-order valence-corrected chi connectivity index (χ1v) is 12.3. The molecule has 3 aromatic rings. The molecule has 1 saturated heterocycles. The summed E-state index contributed by atoms with van der Waals surface area (Å²) in [6, 6.07) is 15.7. The average Bonchev–Trinajstić information content (AvgIpc) is 2.96. The van der Waals surface area contributed by atoms with Crippen molar-refractivity contribution in [2.45, 2.75) is 25.9 Å². The maximum atomic E-state index is 12.7. The molecule has 0 bridgehead atoms. The van der Waals surface area contributed by atoms with Crippen LogP contribution in [0.2, 0.25) is 0 Å². The van der Waals surface area contributed by atoms with E-state index in [2.05, 4.69) is 10.5 Å². The summed E-state index contributed by atoms with van der Waals surface area (Å²) in [5.74, 6) is 1.01. The zero-order valence-electron chi connectivity index (χ0n) is 21.2. The molecule has 3 aromatic carbocycles. The number of nitro groups is 2. The number of likely N-dealkylation sites (tertiary alicyclic amines) is 1. The SMILES string of the molecule is COc1cc(/C=N\Nc2ccc([N+](=O)[O-])cc2[N+](=O)[O-])ccc1OCc1ccc(C(=O)N2CCCCC2)cc1. The summed E-state index contributed by atoms with van der Waals surface area (Å²) in [5, 5.41) is 26.2. The largest absolute Gasteiger partial charge is 0.493 e. The predicted molar refractivity (Wildman–Crippen MR) is 144 cm³/mol. The number of amides is 1. The topological polar surface area (TPSA) is 149 Å². The Morgan fingerprint density at radius 3 is 2.38 bits per heavy atom. The number of hydrogen-bond donors (Lipinski definition) is 1. The molecule has 1 fully saturated rings. The number of nitrogens with one attached hydrogen (secondary N) is 1. The number of ether oxygens (including phenoxy) is 2. The molecular weight excluding hydrogens is 506 g/mol. The van der Waals surface area contributed by atoms with Gasteiger partial charge in [0.25, 0.3) is 11.6 Å². The van der Waals surface area contributed by atoms with Gasteiger partial charge in [-0.3, -0.25) is 30.4 Å². The maximum absolute atomic E-state index is 12.7. The zero-order chi connectivity index (χ0) is 27.8. The number of non-ortho nitro benzene ring substituents is 1. The van der Waals surface area contributed by atoms with Gasteiger partial charge in [0.05, 0.1) is 29.2 Å². The van der Waals surface area contributed by atoms with Crippen LogP contribution in [0.15, 0.2) is 65.8 Å². The monoisotopic (exact) mass is 533 g/mol. The number of hydrazone groups is 1. The first kappa shape index (κ1) is 27.0. The van der Waals surface area contributed by atoms with Gasteiger partial charge in [-0.05, 0) is 66.8 Å². The lowest BCUT2D eigenvalue weighted by atomic mass is 10.1. The minimum atomic E-state index is -0.722. The van der Waals surface area contributed by atoms with Crippen LogP contribution in [0.4, 0.5) is 17.1 Å². The van der Waals surface area contributed by atoms with Gasteiger partial charge in [-0.1, -0.05) is 12.1 Å². The molecule has 0 aromatic heterocycles. The highest BCUT2D eigenvalue weighted by Gasteiger charge is 2.20. The molecule has 0 radical (unpaired) electrons. The highest BCUT2D eigenvalue weighted by atomic mass is 16.6. The van der Waals surface area contributed by atoms with Gasteiger partial charge in [0.15, 0.2) is 11.5 Å². The molecule has 1 heterocycles. The second kappa shape index (κ2) is 12.5. The Bertz CT molecular complexity index is 1390. The molecule has 0 unspecified atom stereocenters. The van der Waals surface area contributed by atoms with Crippen molar-refractivity contribution in [3.05, 3.63) is 97.6 Å². The smallest absolute Gasteiger partial charge is 0.301 e. The second-order valence-corrected chi connectivity index (χ2v) is 8.83. The Morgan fingerprint density at radius 2 is 1.72 bits per heavy atom. The van der Waals surface area contributed by atoms with Crippen LogP contribution in [0.25, 0.3) is 0 Å². The van der Waals surface area contributed by atoms with Gasteiger partial charge in [-0.15, -0.1) is 0 Å². The molecule has 1 amide bonds. The molecule has 1 aliphatic heterocycles. The number of benzene rings is 3. The summed E-state index contributed by atoms with van der Waals surface area (Å²) in [6.07, 6.45) is 4.68. The molecule has 0 spiro atoms. The lowest BCUT2D eigenvalue weighted by molar-refractivity contribution is -0.393. The van der Waals surface area contributed by atoms with Crippen LogP contribution in [0, 0.1) is 20.2 Å². The minimum Gasteiger partial charge on any atom is -0.493 e. The van der Waals surface area contributed by atoms with Gasteiger partial charge < -0.3 is 14.4 Å². The molecule has 39 heavy (non-hydrogen) atoms. The fourth-order valence-electron chi connectivity index (χ4n) is 4.12. The lowest BCUT2D eigenvalue weighted by Gasteiger charge is -2.26. The number of carbonyl (C=O) groups excluding carboxylic acids is 1. The van der Waals surface area contributed by atoms with Gasteiger partial charge in [-0.25, -0.2) is 0 Å². The normalized spacial score (nSPS) is 13.2. The standard InChI is InChI=1S/C27H27N5O7/c1-38-26-15-20(17-28-29-23-11-10-22(31(34)35)16-24(23)32(36)37)7-12-25(26)39-18-19-5-8-21(9-6-19)27(33)30-13-3-2-4-14-30/h5-12,15-17,29H,2-4,13-14,18H2,1H3/b28-17-. The van der Waals surface area contributed by atoms with Crippen LogP contribution in [0.1, 0.15) is 40.7 Å². The predicted octanol–water partition coefficient (Wildman–Crippen LogP) is 5.16. The van der Waals surface area contributed by atoms with Crippen LogP contribution >= 0.6 is 0 Å². The Morgan fingerprint density at radius 1 is 0.974 bits per heavy atom. The number of rotatable bonds is 10. The van der Waals surface area contributed by atoms with Gasteiger partial charge in [0.1, 0.15) is 12.3 Å². The van der Waals surface area contributed by atoms with E-state index in [0.717, 1.165) is 43.6 Å². The Balaban J connectivity index is 1.37. The summed E-state index contributed by atoms with van der Waals surface area (Å²) in [6.45, 7) is 1.88. The molecule has 0 atom stereocenters. The minimum absolute atomic E-state index is 0.0115. The van der Waals surface area contributed by atoms with Crippen molar-refractivity contribution in [3.63, 3.8) is 0 Å². The molecule has 1 aliphatic rings. The third-order valence-corrected chi connectivity index (χ3v) is 6.21. The number of methoxy groups -OCH3 is 1. The quantitative estimate of drug-likeness (QED) is 0.213. The van der Waals surface area contributed by atoms with Gasteiger partial charge in [0, 0.05) is 24.7 Å². The maximum Gasteiger partial charge on any atom is 0.301 e. The summed E-state index contributed by atoms with van der Waals surface area (Å²) in [5.41, 5.74) is 3.88. The van der Waals surface area contributed by atoms with E-state index in [1.165, 1.54) is 25.8 Å². The first-order valence-electron chi connectivity index (χ1n) is 12.3. The van der Waals surface area contributed by atoms with Crippen molar-refractivity contribution >= 4 is 29.2 Å². The van der Waals surface area contributed by atoms with Crippen molar-refractivity contribution in [1.29, 1.82) is 0 Å². The second-order valence-electron chi connectivity index (χ2n) is 8.83. The highest BCUT2D eigenvalue weighted by Crippen LogP contribution is 2.30. The van der Waals surface area contributed by atoms with Crippen molar-refractivity contribution in [2.24, 2.45) is 5.10 Å². The summed E-state index contributed by atoms with van der Waals surface area (Å²) in [7, 11) is 1.50. The number of hydrogen-bond acceptors (Lipinski definition) is 9. The Kier molecular flexibility index (Phi) is 8.67. The fourth-order valence-corrected chi connectivity index (χ4v) is 4.12. The van der Waals surface area contributed by atoms with Crippen molar-refractivity contribution in [2.75, 3.05) is 25.6 Å². The van der Waals surface area contributed by atoms with E-state index in [1.54, 1.807) is 18.2 Å². The lowest BCUT2D eigenvalue weighted by Crippen LogP contribution is -2.35. The summed E-state index contributed by atoms with van der Waals surface area (Å²) in [4.78, 5) is 35.3. The highest BCUT2D eigenvalue weighted by molar-refractivity contribution is 5.94. The van der Waals surface area contributed by atoms with Crippen molar-refractivity contribution in [3.8, 4) is 11.5 Å². The summed E-state index contributed by atoms with van der Waals surface area (Å²) >= 11 is 0. The van der Waals surface area contributed by atoms with Gasteiger partial charge >= 0.3 is 5.69 Å². The van der Waals surface area contributed by atoms with Crippen LogP contribution in [0.3, 0.4) is 0 Å². The van der Waals surface area contributed by atoms with Crippen molar-refractivity contribution in [1.82, 2.24) is 4.90 Å². The molecule has 202 valence electrons. The Labute approximate surface area is 224 Å². The number of anilines is 1. The van der Waals surface area contributed by atoms with E-state index in [-0.39, 0.29) is 18.2 Å². The Hall–Kier alpha value is -5.00. The van der Waals surface area contributed by atoms with E-state index in [9.17, 15) is 25.0 Å². The van der Waals surface area contributed by atoms with Crippen LogP contribution < -0.4 is 14.9 Å². The fraction of sp³-hybridized carbons (Fsp3) is 0.259. The van der Waals surface area contributed by atoms with Gasteiger partial charge in [0.2, 0.25) is 0 Å².